The van der Waals surface area contributed by atoms with E-state index in [4.69, 9.17) is 15.2 Å². The molecule has 2 N–H and O–H groups in total. The monoisotopic (exact) mass is 417 g/mol. The smallest absolute Gasteiger partial charge is 0.184 e. The van der Waals surface area contributed by atoms with Crippen LogP contribution in [0.2, 0.25) is 0 Å². The number of thioether (sulfide) groups is 1. The van der Waals surface area contributed by atoms with E-state index in [9.17, 15) is 0 Å². The highest BCUT2D eigenvalue weighted by molar-refractivity contribution is 8.13. The molecule has 30 heavy (non-hydrogen) atoms. The van der Waals surface area contributed by atoms with Crippen molar-refractivity contribution in [3.63, 3.8) is 0 Å². The number of amidine groups is 1. The third-order valence-corrected chi connectivity index (χ3v) is 5.51. The molecule has 152 valence electrons. The van der Waals surface area contributed by atoms with Crippen LogP contribution in [0.4, 0.5) is 0 Å². The summed E-state index contributed by atoms with van der Waals surface area (Å²) in [6.07, 6.45) is 1.41. The Morgan fingerprint density at radius 3 is 2.40 bits per heavy atom. The van der Waals surface area contributed by atoms with Crippen LogP contribution in [0, 0.1) is 0 Å². The average Bonchev–Trinajstić information content (AvgIpc) is 3.34. The van der Waals surface area contributed by atoms with Gasteiger partial charge in [0.25, 0.3) is 0 Å². The van der Waals surface area contributed by atoms with Crippen molar-refractivity contribution in [2.45, 2.75) is 12.0 Å². The van der Waals surface area contributed by atoms with Crippen LogP contribution in [0.5, 0.6) is 0 Å². The first kappa shape index (κ1) is 20.3. The Hall–Kier alpha value is -2.93. The molecule has 0 bridgehead atoms. The summed E-state index contributed by atoms with van der Waals surface area (Å²) in [4.78, 5) is 0. The average molecular weight is 418 g/mol. The Bertz CT molecular complexity index is 1010. The first-order valence-electron chi connectivity index (χ1n) is 9.75. The maximum absolute atomic E-state index is 5.94. The minimum absolute atomic E-state index is 0.298. The van der Waals surface area contributed by atoms with Gasteiger partial charge < -0.3 is 15.2 Å². The van der Waals surface area contributed by atoms with Gasteiger partial charge in [-0.15, -0.1) is 5.10 Å². The molecule has 5 nitrogen and oxygen atoms in total. The summed E-state index contributed by atoms with van der Waals surface area (Å²) < 4.78 is 11.4. The topological polar surface area (TPSA) is 69.2 Å². The van der Waals surface area contributed by atoms with Gasteiger partial charge in [0.1, 0.15) is 0 Å². The van der Waals surface area contributed by atoms with Crippen LogP contribution in [0.1, 0.15) is 23.0 Å². The number of hydrogen-bond acceptors (Lipinski definition) is 5. The fourth-order valence-corrected chi connectivity index (χ4v) is 3.78. The lowest BCUT2D eigenvalue weighted by Gasteiger charge is -2.14. The van der Waals surface area contributed by atoms with E-state index in [1.165, 1.54) is 17.3 Å². The van der Waals surface area contributed by atoms with Crippen LogP contribution in [0.25, 0.3) is 11.1 Å². The predicted molar refractivity (Wildman–Crippen MR) is 123 cm³/mol. The molecule has 3 aromatic carbocycles. The van der Waals surface area contributed by atoms with Crippen molar-refractivity contribution in [3.05, 3.63) is 95.6 Å². The molecule has 1 heterocycles. The Balaban J connectivity index is 1.39. The lowest BCUT2D eigenvalue weighted by Crippen LogP contribution is -2.05. The van der Waals surface area contributed by atoms with Gasteiger partial charge in [0.15, 0.2) is 11.5 Å². The zero-order valence-electron chi connectivity index (χ0n) is 16.5. The maximum Gasteiger partial charge on any atom is 0.184 e. The van der Waals surface area contributed by atoms with E-state index in [1.807, 2.05) is 48.5 Å². The van der Waals surface area contributed by atoms with Crippen LogP contribution in [-0.4, -0.2) is 24.6 Å². The van der Waals surface area contributed by atoms with Gasteiger partial charge in [0.05, 0.1) is 19.4 Å². The molecule has 0 atom stereocenters. The van der Waals surface area contributed by atoms with Crippen LogP contribution in [-0.2, 0) is 15.2 Å². The van der Waals surface area contributed by atoms with Crippen molar-refractivity contribution in [3.8, 4) is 11.1 Å². The van der Waals surface area contributed by atoms with Crippen molar-refractivity contribution in [2.24, 2.45) is 15.9 Å². The molecule has 6 heteroatoms. The Morgan fingerprint density at radius 1 is 0.933 bits per heavy atom. The summed E-state index contributed by atoms with van der Waals surface area (Å²) >= 11 is 1.47. The molecular formula is C24H23N3O2S. The van der Waals surface area contributed by atoms with E-state index < -0.39 is 0 Å². The van der Waals surface area contributed by atoms with Crippen molar-refractivity contribution in [2.75, 3.05) is 13.2 Å². The molecule has 0 unspecified atom stereocenters. The molecule has 1 saturated heterocycles. The lowest BCUT2D eigenvalue weighted by molar-refractivity contribution is -0.0436. The van der Waals surface area contributed by atoms with Gasteiger partial charge in [0, 0.05) is 11.3 Å². The molecular weight excluding hydrogens is 394 g/mol. The molecule has 1 aliphatic heterocycles. The van der Waals surface area contributed by atoms with E-state index in [0.29, 0.717) is 18.4 Å². The number of hydrogen-bond donors (Lipinski definition) is 1. The number of benzene rings is 3. The summed E-state index contributed by atoms with van der Waals surface area (Å²) in [5.74, 6) is 0.772. The normalized spacial score (nSPS) is 15.1. The predicted octanol–water partition coefficient (Wildman–Crippen LogP) is 4.98. The zero-order chi connectivity index (χ0) is 20.6. The molecule has 0 aromatic heterocycles. The van der Waals surface area contributed by atoms with E-state index in [1.54, 1.807) is 6.21 Å². The van der Waals surface area contributed by atoms with Crippen molar-refractivity contribution in [1.29, 1.82) is 0 Å². The van der Waals surface area contributed by atoms with Crippen LogP contribution in [0.3, 0.4) is 0 Å². The highest BCUT2D eigenvalue weighted by Crippen LogP contribution is 2.32. The quantitative estimate of drug-likeness (QED) is 0.349. The molecule has 0 saturated carbocycles. The van der Waals surface area contributed by atoms with Gasteiger partial charge in [-0.1, -0.05) is 90.6 Å². The molecule has 0 radical (unpaired) electrons. The largest absolute Gasteiger partial charge is 0.377 e. The highest BCUT2D eigenvalue weighted by atomic mass is 32.2. The molecule has 0 amide bonds. The molecule has 1 aliphatic rings. The van der Waals surface area contributed by atoms with Crippen molar-refractivity contribution in [1.82, 2.24) is 0 Å². The van der Waals surface area contributed by atoms with Crippen LogP contribution in [0.15, 0.2) is 89.1 Å². The van der Waals surface area contributed by atoms with Gasteiger partial charge in [0.2, 0.25) is 0 Å². The van der Waals surface area contributed by atoms with Gasteiger partial charge in [-0.05, 0) is 22.3 Å². The minimum atomic E-state index is -0.298. The third kappa shape index (κ3) is 5.36. The Morgan fingerprint density at radius 2 is 1.63 bits per heavy atom. The summed E-state index contributed by atoms with van der Waals surface area (Å²) in [5, 5.41) is 8.63. The zero-order valence-corrected chi connectivity index (χ0v) is 17.3. The van der Waals surface area contributed by atoms with E-state index in [-0.39, 0.29) is 6.29 Å². The van der Waals surface area contributed by atoms with Gasteiger partial charge in [-0.25, -0.2) is 0 Å². The first-order chi connectivity index (χ1) is 14.8. The number of ether oxygens (including phenoxy) is 2. The van der Waals surface area contributed by atoms with Crippen molar-refractivity contribution < 1.29 is 9.47 Å². The number of nitrogens with zero attached hydrogens (tertiary/aromatic N) is 2. The van der Waals surface area contributed by atoms with E-state index in [2.05, 4.69) is 40.5 Å². The van der Waals surface area contributed by atoms with E-state index >= 15 is 0 Å². The third-order valence-electron chi connectivity index (χ3n) is 4.65. The second-order valence-electron chi connectivity index (χ2n) is 6.74. The Kier molecular flexibility index (Phi) is 6.92. The van der Waals surface area contributed by atoms with E-state index in [0.717, 1.165) is 28.0 Å². The standard InChI is InChI=1S/C24H23N3O2S/c25-24(30-17-19-6-2-1-3-7-19)27-26-16-18-10-12-20(13-11-18)21-8-4-5-9-22(21)23-28-14-15-29-23/h1-13,16,23H,14-15,17H2,(H2,25,27). The van der Waals surface area contributed by atoms with Crippen LogP contribution < -0.4 is 5.73 Å². The van der Waals surface area contributed by atoms with Crippen LogP contribution >= 0.6 is 11.8 Å². The fraction of sp³-hybridized carbons (Fsp3) is 0.167. The van der Waals surface area contributed by atoms with Crippen molar-refractivity contribution >= 4 is 23.1 Å². The summed E-state index contributed by atoms with van der Waals surface area (Å²) in [5.41, 5.74) is 11.3. The SMILES string of the molecule is NC(=NN=Cc1ccc(-c2ccccc2C2OCCO2)cc1)SCc1ccccc1. The molecule has 4 rings (SSSR count). The summed E-state index contributed by atoms with van der Waals surface area (Å²) in [7, 11) is 0. The summed E-state index contributed by atoms with van der Waals surface area (Å²) in [6.45, 7) is 1.25. The second-order valence-corrected chi connectivity index (χ2v) is 7.74. The summed E-state index contributed by atoms with van der Waals surface area (Å²) in [6, 6.07) is 26.4. The lowest BCUT2D eigenvalue weighted by atomic mass is 9.98. The molecule has 3 aromatic rings. The second kappa shape index (κ2) is 10.2. The number of nitrogens with two attached hydrogens (primary N) is 1. The first-order valence-corrected chi connectivity index (χ1v) is 10.7. The molecule has 0 aliphatic carbocycles. The molecule has 0 spiro atoms. The van der Waals surface area contributed by atoms with Gasteiger partial charge in [-0.2, -0.15) is 5.10 Å². The number of rotatable bonds is 6. The fourth-order valence-electron chi connectivity index (χ4n) is 3.16. The maximum atomic E-state index is 5.94. The highest BCUT2D eigenvalue weighted by Gasteiger charge is 2.21. The van der Waals surface area contributed by atoms with Gasteiger partial charge >= 0.3 is 0 Å². The molecule has 1 fully saturated rings. The van der Waals surface area contributed by atoms with Gasteiger partial charge in [-0.3, -0.25) is 0 Å². The minimum Gasteiger partial charge on any atom is -0.377 e. The Labute approximate surface area is 180 Å².